The number of rotatable bonds is 3. The molecule has 0 saturated carbocycles. The van der Waals surface area contributed by atoms with E-state index in [-0.39, 0.29) is 5.91 Å². The Morgan fingerprint density at radius 3 is 2.35 bits per heavy atom. The van der Waals surface area contributed by atoms with E-state index in [1.165, 1.54) is 32.0 Å². The number of hydrogen-bond donors (Lipinski definition) is 0. The lowest BCUT2D eigenvalue weighted by Gasteiger charge is -2.47. The highest BCUT2D eigenvalue weighted by molar-refractivity contribution is 5.87. The fraction of sp³-hybridized carbons (Fsp3) is 0.786. The van der Waals surface area contributed by atoms with Gasteiger partial charge in [-0.15, -0.1) is 0 Å². The summed E-state index contributed by atoms with van der Waals surface area (Å²) in [6.45, 7) is 12.4. The highest BCUT2D eigenvalue weighted by Crippen LogP contribution is 2.27. The molecule has 3 nitrogen and oxygen atoms in total. The van der Waals surface area contributed by atoms with Crippen LogP contribution in [0.15, 0.2) is 12.7 Å². The third-order valence-corrected chi connectivity index (χ3v) is 4.38. The molecule has 0 aromatic carbocycles. The predicted molar refractivity (Wildman–Crippen MR) is 69.7 cm³/mol. The maximum absolute atomic E-state index is 11.4. The molecule has 0 aromatic heterocycles. The highest BCUT2D eigenvalue weighted by Gasteiger charge is 2.35. The first-order chi connectivity index (χ1) is 8.11. The smallest absolute Gasteiger partial charge is 0.246 e. The molecule has 2 rings (SSSR count). The second kappa shape index (κ2) is 5.21. The van der Waals surface area contributed by atoms with Gasteiger partial charge in [0.15, 0.2) is 0 Å². The molecule has 96 valence electrons. The van der Waals surface area contributed by atoms with Crippen molar-refractivity contribution in [1.29, 1.82) is 0 Å². The van der Waals surface area contributed by atoms with Crippen LogP contribution in [0, 0.1) is 11.8 Å². The summed E-state index contributed by atoms with van der Waals surface area (Å²) in [5.74, 6) is 1.80. The Balaban J connectivity index is 1.73. The fourth-order valence-electron chi connectivity index (χ4n) is 2.95. The van der Waals surface area contributed by atoms with Crippen molar-refractivity contribution in [3.05, 3.63) is 12.7 Å². The molecular weight excluding hydrogens is 212 g/mol. The van der Waals surface area contributed by atoms with Crippen molar-refractivity contribution in [3.63, 3.8) is 0 Å². The van der Waals surface area contributed by atoms with Crippen molar-refractivity contribution in [2.45, 2.75) is 32.7 Å². The lowest BCUT2D eigenvalue weighted by molar-refractivity contribution is -0.133. The maximum atomic E-state index is 11.4. The van der Waals surface area contributed by atoms with Crippen molar-refractivity contribution in [2.75, 3.05) is 26.2 Å². The number of likely N-dealkylation sites (tertiary alicyclic amines) is 2. The van der Waals surface area contributed by atoms with Crippen LogP contribution < -0.4 is 0 Å². The van der Waals surface area contributed by atoms with Crippen LogP contribution in [0.1, 0.15) is 26.7 Å². The van der Waals surface area contributed by atoms with E-state index in [4.69, 9.17) is 0 Å². The van der Waals surface area contributed by atoms with E-state index < -0.39 is 0 Å². The molecule has 2 aliphatic rings. The standard InChI is InChI=1S/C14H24N2O/c1-4-14(17)16-9-13(10-16)15-7-5-12(6-8-15)11(2)3/h4,11-13H,1,5-10H2,2-3H3. The van der Waals surface area contributed by atoms with E-state index in [2.05, 4.69) is 25.3 Å². The summed E-state index contributed by atoms with van der Waals surface area (Å²) in [4.78, 5) is 15.8. The Kier molecular flexibility index (Phi) is 3.87. The number of amides is 1. The topological polar surface area (TPSA) is 23.6 Å². The zero-order valence-corrected chi connectivity index (χ0v) is 11.1. The number of hydrogen-bond acceptors (Lipinski definition) is 2. The summed E-state index contributed by atoms with van der Waals surface area (Å²) in [6, 6.07) is 0.604. The molecular formula is C14H24N2O. The highest BCUT2D eigenvalue weighted by atomic mass is 16.2. The maximum Gasteiger partial charge on any atom is 0.246 e. The number of piperidine rings is 1. The van der Waals surface area contributed by atoms with Crippen LogP contribution >= 0.6 is 0 Å². The average Bonchev–Trinajstić information content (AvgIpc) is 2.27. The Hall–Kier alpha value is -0.830. The Labute approximate surface area is 104 Å². The zero-order chi connectivity index (χ0) is 12.4. The molecule has 2 heterocycles. The van der Waals surface area contributed by atoms with Gasteiger partial charge in [-0.25, -0.2) is 0 Å². The SMILES string of the molecule is C=CC(=O)N1CC(N2CCC(C(C)C)CC2)C1. The minimum atomic E-state index is 0.0818. The van der Waals surface area contributed by atoms with E-state index >= 15 is 0 Å². The number of nitrogens with zero attached hydrogens (tertiary/aromatic N) is 2. The fourth-order valence-corrected chi connectivity index (χ4v) is 2.95. The van der Waals surface area contributed by atoms with Gasteiger partial charge < -0.3 is 4.90 Å². The Bertz CT molecular complexity index is 287. The van der Waals surface area contributed by atoms with E-state index in [1.54, 1.807) is 0 Å². The normalized spacial score (nSPS) is 23.8. The van der Waals surface area contributed by atoms with Gasteiger partial charge in [-0.2, -0.15) is 0 Å². The Morgan fingerprint density at radius 1 is 1.29 bits per heavy atom. The molecule has 0 aromatic rings. The van der Waals surface area contributed by atoms with Crippen LogP contribution in [-0.2, 0) is 4.79 Å². The van der Waals surface area contributed by atoms with Crippen LogP contribution in [-0.4, -0.2) is 47.9 Å². The lowest BCUT2D eigenvalue weighted by atomic mass is 9.86. The van der Waals surface area contributed by atoms with Crippen molar-refractivity contribution >= 4 is 5.91 Å². The molecule has 2 fully saturated rings. The summed E-state index contributed by atoms with van der Waals surface area (Å²) < 4.78 is 0. The quantitative estimate of drug-likeness (QED) is 0.697. The molecule has 17 heavy (non-hydrogen) atoms. The van der Waals surface area contributed by atoms with E-state index in [0.29, 0.717) is 6.04 Å². The van der Waals surface area contributed by atoms with Crippen LogP contribution in [0.25, 0.3) is 0 Å². The van der Waals surface area contributed by atoms with E-state index in [1.807, 2.05) is 4.90 Å². The van der Waals surface area contributed by atoms with Gasteiger partial charge in [0.1, 0.15) is 0 Å². The summed E-state index contributed by atoms with van der Waals surface area (Å²) >= 11 is 0. The molecule has 0 N–H and O–H groups in total. The molecule has 0 atom stereocenters. The van der Waals surface area contributed by atoms with Crippen molar-refractivity contribution in [3.8, 4) is 0 Å². The van der Waals surface area contributed by atoms with Gasteiger partial charge in [0.2, 0.25) is 5.91 Å². The molecule has 2 saturated heterocycles. The van der Waals surface area contributed by atoms with Crippen molar-refractivity contribution < 1.29 is 4.79 Å². The molecule has 2 aliphatic heterocycles. The van der Waals surface area contributed by atoms with Crippen LogP contribution in [0.5, 0.6) is 0 Å². The minimum absolute atomic E-state index is 0.0818. The van der Waals surface area contributed by atoms with Crippen LogP contribution in [0.2, 0.25) is 0 Å². The van der Waals surface area contributed by atoms with Gasteiger partial charge in [0.25, 0.3) is 0 Å². The number of carbonyl (C=O) groups is 1. The van der Waals surface area contributed by atoms with Crippen LogP contribution in [0.3, 0.4) is 0 Å². The second-order valence-electron chi connectivity index (χ2n) is 5.72. The molecule has 3 heteroatoms. The zero-order valence-electron chi connectivity index (χ0n) is 11.1. The van der Waals surface area contributed by atoms with E-state index in [9.17, 15) is 4.79 Å². The largest absolute Gasteiger partial charge is 0.336 e. The molecule has 0 aliphatic carbocycles. The van der Waals surface area contributed by atoms with Crippen molar-refractivity contribution in [2.24, 2.45) is 11.8 Å². The third kappa shape index (κ3) is 2.71. The molecule has 1 amide bonds. The van der Waals surface area contributed by atoms with Crippen molar-refractivity contribution in [1.82, 2.24) is 9.80 Å². The molecule has 0 radical (unpaired) electrons. The first-order valence-electron chi connectivity index (χ1n) is 6.77. The van der Waals surface area contributed by atoms with Gasteiger partial charge >= 0.3 is 0 Å². The average molecular weight is 236 g/mol. The second-order valence-corrected chi connectivity index (χ2v) is 5.72. The first kappa shape index (κ1) is 12.6. The predicted octanol–water partition coefficient (Wildman–Crippen LogP) is 1.75. The molecule has 0 bridgehead atoms. The van der Waals surface area contributed by atoms with Gasteiger partial charge in [0, 0.05) is 19.1 Å². The summed E-state index contributed by atoms with van der Waals surface area (Å²) in [5, 5.41) is 0. The van der Waals surface area contributed by atoms with Crippen LogP contribution in [0.4, 0.5) is 0 Å². The van der Waals surface area contributed by atoms with Gasteiger partial charge in [-0.1, -0.05) is 20.4 Å². The summed E-state index contributed by atoms with van der Waals surface area (Å²) in [5.41, 5.74) is 0. The summed E-state index contributed by atoms with van der Waals surface area (Å²) in [7, 11) is 0. The van der Waals surface area contributed by atoms with Gasteiger partial charge in [-0.3, -0.25) is 9.69 Å². The molecule has 0 spiro atoms. The first-order valence-corrected chi connectivity index (χ1v) is 6.77. The number of carbonyl (C=O) groups excluding carboxylic acids is 1. The van der Waals surface area contributed by atoms with Gasteiger partial charge in [0.05, 0.1) is 0 Å². The minimum Gasteiger partial charge on any atom is -0.336 e. The van der Waals surface area contributed by atoms with E-state index in [0.717, 1.165) is 24.9 Å². The summed E-state index contributed by atoms with van der Waals surface area (Å²) in [6.07, 6.45) is 4.06. The molecule has 0 unspecified atom stereocenters. The monoisotopic (exact) mass is 236 g/mol. The Morgan fingerprint density at radius 2 is 1.88 bits per heavy atom. The van der Waals surface area contributed by atoms with Gasteiger partial charge in [-0.05, 0) is 43.8 Å². The third-order valence-electron chi connectivity index (χ3n) is 4.38. The lowest BCUT2D eigenvalue weighted by Crippen LogP contribution is -2.62.